The van der Waals surface area contributed by atoms with Crippen LogP contribution < -0.4 is 15.4 Å². The summed E-state index contributed by atoms with van der Waals surface area (Å²) in [5.41, 5.74) is 2.98. The van der Waals surface area contributed by atoms with E-state index in [1.165, 1.54) is 0 Å². The quantitative estimate of drug-likeness (QED) is 0.366. The van der Waals surface area contributed by atoms with E-state index in [9.17, 15) is 4.79 Å². The number of amides is 1. The summed E-state index contributed by atoms with van der Waals surface area (Å²) in [4.78, 5) is 22.8. The summed E-state index contributed by atoms with van der Waals surface area (Å²) in [5, 5.41) is 11.7. The van der Waals surface area contributed by atoms with Gasteiger partial charge in [-0.15, -0.1) is 5.10 Å². The number of nitrogens with zero attached hydrogens (tertiary/aromatic N) is 4. The molecule has 2 N–H and O–H groups in total. The molecule has 3 heterocycles. The molecular weight excluding hydrogens is 487 g/mol. The van der Waals surface area contributed by atoms with E-state index in [2.05, 4.69) is 20.6 Å². The van der Waals surface area contributed by atoms with Crippen LogP contribution in [-0.2, 0) is 4.79 Å². The van der Waals surface area contributed by atoms with E-state index in [-0.39, 0.29) is 5.91 Å². The first-order valence-corrected chi connectivity index (χ1v) is 11.5. The minimum absolute atomic E-state index is 0.313. The number of carbonyl (C=O) groups is 1. The fourth-order valence-corrected chi connectivity index (χ4v) is 4.25. The Morgan fingerprint density at radius 3 is 2.63 bits per heavy atom. The van der Waals surface area contributed by atoms with Crippen LogP contribution in [0.3, 0.4) is 0 Å². The highest BCUT2D eigenvalue weighted by molar-refractivity contribution is 6.42. The SMILES string of the molecule is COc1ccccc1NC(=O)C1=C(C)Nc2nc(-c3ccc(Cl)c(Cl)c3)nn2C1c1ccccn1. The molecule has 1 amide bonds. The summed E-state index contributed by atoms with van der Waals surface area (Å²) in [5.74, 6) is 1.16. The standard InChI is InChI=1S/C25H20Cl2N6O2/c1-14-21(24(34)30-18-7-3-4-9-20(18)35-2)22(19-8-5-6-12-28-19)33-25(29-14)31-23(32-33)15-10-11-16(26)17(27)13-15/h3-13,22H,1-2H3,(H,30,34)(H,29,31,32). The van der Waals surface area contributed by atoms with Crippen molar-refractivity contribution in [1.82, 2.24) is 19.7 Å². The lowest BCUT2D eigenvalue weighted by molar-refractivity contribution is -0.113. The molecule has 1 aliphatic heterocycles. The molecule has 0 aliphatic carbocycles. The highest BCUT2D eigenvalue weighted by Gasteiger charge is 2.35. The first kappa shape index (κ1) is 22.9. The Balaban J connectivity index is 1.59. The Kier molecular flexibility index (Phi) is 6.15. The summed E-state index contributed by atoms with van der Waals surface area (Å²) in [6, 6.07) is 17.3. The highest BCUT2D eigenvalue weighted by atomic mass is 35.5. The van der Waals surface area contributed by atoms with Gasteiger partial charge in [-0.05, 0) is 49.4 Å². The maximum absolute atomic E-state index is 13.6. The van der Waals surface area contributed by atoms with E-state index in [0.29, 0.717) is 55.8 Å². The molecule has 0 fully saturated rings. The van der Waals surface area contributed by atoms with Gasteiger partial charge >= 0.3 is 0 Å². The third kappa shape index (κ3) is 4.34. The lowest BCUT2D eigenvalue weighted by atomic mass is 9.98. The van der Waals surface area contributed by atoms with Crippen LogP contribution in [0.25, 0.3) is 11.4 Å². The van der Waals surface area contributed by atoms with Crippen LogP contribution in [0.15, 0.2) is 78.1 Å². The largest absolute Gasteiger partial charge is 0.495 e. The van der Waals surface area contributed by atoms with Gasteiger partial charge in [0.2, 0.25) is 5.95 Å². The van der Waals surface area contributed by atoms with Crippen molar-refractivity contribution in [3.63, 3.8) is 0 Å². The average Bonchev–Trinajstić information content (AvgIpc) is 3.29. The second-order valence-corrected chi connectivity index (χ2v) is 8.62. The van der Waals surface area contributed by atoms with Gasteiger partial charge in [0.15, 0.2) is 5.82 Å². The van der Waals surface area contributed by atoms with Crippen LogP contribution in [0.2, 0.25) is 10.0 Å². The zero-order valence-electron chi connectivity index (χ0n) is 18.8. The average molecular weight is 507 g/mol. The van der Waals surface area contributed by atoms with Crippen molar-refractivity contribution >= 4 is 40.7 Å². The molecule has 0 saturated heterocycles. The van der Waals surface area contributed by atoms with Gasteiger partial charge in [-0.1, -0.05) is 41.4 Å². The molecule has 2 aromatic heterocycles. The molecule has 1 unspecified atom stereocenters. The molecule has 1 aliphatic rings. The third-order valence-electron chi connectivity index (χ3n) is 5.60. The van der Waals surface area contributed by atoms with E-state index in [1.54, 1.807) is 48.3 Å². The molecule has 0 bridgehead atoms. The first-order valence-electron chi connectivity index (χ1n) is 10.7. The van der Waals surface area contributed by atoms with Crippen LogP contribution in [0, 0.1) is 0 Å². The van der Waals surface area contributed by atoms with E-state index < -0.39 is 6.04 Å². The van der Waals surface area contributed by atoms with Crippen molar-refractivity contribution in [1.29, 1.82) is 0 Å². The molecule has 2 aromatic carbocycles. The molecule has 10 heteroatoms. The van der Waals surface area contributed by atoms with Gasteiger partial charge < -0.3 is 15.4 Å². The van der Waals surface area contributed by atoms with Crippen LogP contribution in [-0.4, -0.2) is 32.8 Å². The molecule has 176 valence electrons. The molecule has 35 heavy (non-hydrogen) atoms. The highest BCUT2D eigenvalue weighted by Crippen LogP contribution is 2.37. The number of anilines is 2. The predicted molar refractivity (Wildman–Crippen MR) is 136 cm³/mol. The maximum atomic E-state index is 13.6. The number of aromatic nitrogens is 4. The normalized spacial score (nSPS) is 14.8. The molecule has 0 spiro atoms. The number of allylic oxidation sites excluding steroid dienone is 1. The smallest absolute Gasteiger partial charge is 0.256 e. The van der Waals surface area contributed by atoms with E-state index in [4.69, 9.17) is 33.0 Å². The number of hydrogen-bond acceptors (Lipinski definition) is 6. The zero-order valence-corrected chi connectivity index (χ0v) is 20.3. The summed E-state index contributed by atoms with van der Waals surface area (Å²) >= 11 is 12.3. The molecule has 0 radical (unpaired) electrons. The number of hydrogen-bond donors (Lipinski definition) is 2. The van der Waals surface area contributed by atoms with E-state index >= 15 is 0 Å². The Morgan fingerprint density at radius 1 is 1.09 bits per heavy atom. The van der Waals surface area contributed by atoms with Crippen molar-refractivity contribution in [2.24, 2.45) is 0 Å². The molecule has 5 rings (SSSR count). The minimum Gasteiger partial charge on any atom is -0.495 e. The number of rotatable bonds is 5. The van der Waals surface area contributed by atoms with E-state index in [1.807, 2.05) is 37.3 Å². The summed E-state index contributed by atoms with van der Waals surface area (Å²) < 4.78 is 7.05. The molecule has 8 nitrogen and oxygen atoms in total. The van der Waals surface area contributed by atoms with Gasteiger partial charge in [-0.25, -0.2) is 4.68 Å². The van der Waals surface area contributed by atoms with Gasteiger partial charge in [0.1, 0.15) is 11.8 Å². The summed E-state index contributed by atoms with van der Waals surface area (Å²) in [6.07, 6.45) is 1.68. The molecule has 0 saturated carbocycles. The first-order chi connectivity index (χ1) is 17.0. The van der Waals surface area contributed by atoms with Crippen LogP contribution in [0.5, 0.6) is 5.75 Å². The maximum Gasteiger partial charge on any atom is 0.256 e. The number of halogens is 2. The number of pyridine rings is 1. The number of benzene rings is 2. The number of ether oxygens (including phenoxy) is 1. The Hall–Kier alpha value is -3.88. The fraction of sp³-hybridized carbons (Fsp3) is 0.120. The van der Waals surface area contributed by atoms with Crippen LogP contribution >= 0.6 is 23.2 Å². The van der Waals surface area contributed by atoms with E-state index in [0.717, 1.165) is 0 Å². The monoisotopic (exact) mass is 506 g/mol. The van der Waals surface area contributed by atoms with Gasteiger partial charge in [0.25, 0.3) is 5.91 Å². The molecule has 4 aromatic rings. The number of fused-ring (bicyclic) bond motifs is 1. The van der Waals surface area contributed by atoms with Gasteiger partial charge in [0, 0.05) is 17.5 Å². The second kappa shape index (κ2) is 9.40. The Labute approximate surface area is 211 Å². The van der Waals surface area contributed by atoms with Crippen LogP contribution in [0.1, 0.15) is 18.7 Å². The molecular formula is C25H20Cl2N6O2. The minimum atomic E-state index is -0.619. The summed E-state index contributed by atoms with van der Waals surface area (Å²) in [7, 11) is 1.56. The lowest BCUT2D eigenvalue weighted by Crippen LogP contribution is -2.32. The topological polar surface area (TPSA) is 94.0 Å². The number of carbonyl (C=O) groups excluding carboxylic acids is 1. The van der Waals surface area contributed by atoms with Crippen molar-refractivity contribution < 1.29 is 9.53 Å². The fourth-order valence-electron chi connectivity index (χ4n) is 3.95. The van der Waals surface area contributed by atoms with Crippen molar-refractivity contribution in [3.8, 4) is 17.1 Å². The van der Waals surface area contributed by atoms with Gasteiger partial charge in [-0.3, -0.25) is 9.78 Å². The van der Waals surface area contributed by atoms with Crippen molar-refractivity contribution in [3.05, 3.63) is 93.9 Å². The van der Waals surface area contributed by atoms with Crippen molar-refractivity contribution in [2.45, 2.75) is 13.0 Å². The lowest BCUT2D eigenvalue weighted by Gasteiger charge is -2.28. The summed E-state index contributed by atoms with van der Waals surface area (Å²) in [6.45, 7) is 1.82. The number of nitrogens with one attached hydrogen (secondary N) is 2. The molecule has 1 atom stereocenters. The van der Waals surface area contributed by atoms with Gasteiger partial charge in [-0.2, -0.15) is 4.98 Å². The predicted octanol–water partition coefficient (Wildman–Crippen LogP) is 5.58. The number of methoxy groups -OCH3 is 1. The van der Waals surface area contributed by atoms with Crippen LogP contribution in [0.4, 0.5) is 11.6 Å². The Bertz CT molecular complexity index is 1450. The third-order valence-corrected chi connectivity index (χ3v) is 6.34. The zero-order chi connectivity index (χ0) is 24.5. The second-order valence-electron chi connectivity index (χ2n) is 7.81. The Morgan fingerprint density at radius 2 is 1.89 bits per heavy atom. The van der Waals surface area contributed by atoms with Crippen molar-refractivity contribution in [2.75, 3.05) is 17.7 Å². The number of para-hydroxylation sites is 2. The van der Waals surface area contributed by atoms with Gasteiger partial charge in [0.05, 0.1) is 34.1 Å².